The van der Waals surface area contributed by atoms with E-state index in [1.165, 1.54) is 15.3 Å². The van der Waals surface area contributed by atoms with Crippen LogP contribution in [-0.4, -0.2) is 22.3 Å². The second-order valence-corrected chi connectivity index (χ2v) is 7.14. The number of hydrogen-bond acceptors (Lipinski definition) is 3. The molecule has 4 heteroatoms. The normalized spacial score (nSPS) is 15.2. The summed E-state index contributed by atoms with van der Waals surface area (Å²) in [5, 5.41) is 3.58. The molecule has 1 heterocycles. The summed E-state index contributed by atoms with van der Waals surface area (Å²) in [5.74, 6) is 0. The van der Waals surface area contributed by atoms with Crippen LogP contribution in [0.1, 0.15) is 22.2 Å². The molecule has 2 atom stereocenters. The van der Waals surface area contributed by atoms with Gasteiger partial charge in [0.15, 0.2) is 0 Å². The third kappa shape index (κ3) is 4.05. The molecule has 0 fully saturated rings. The molecule has 0 spiro atoms. The standard InChI is InChI=1S/C11H19NOS2/c1-8-5-11(10(3)14-8)7-12-6-9(2)15(4)13/h5,9,12H,6-7H2,1-4H3. The minimum absolute atomic E-state index is 0.227. The van der Waals surface area contributed by atoms with Crippen LogP contribution in [0.2, 0.25) is 0 Å². The van der Waals surface area contributed by atoms with Gasteiger partial charge in [-0.1, -0.05) is 0 Å². The summed E-state index contributed by atoms with van der Waals surface area (Å²) in [7, 11) is -0.728. The summed E-state index contributed by atoms with van der Waals surface area (Å²) >= 11 is 1.83. The van der Waals surface area contributed by atoms with Crippen molar-refractivity contribution >= 4 is 22.1 Å². The fraction of sp³-hybridized carbons (Fsp3) is 0.636. The number of aryl methyl sites for hydroxylation is 2. The lowest BCUT2D eigenvalue weighted by Crippen LogP contribution is -2.27. The van der Waals surface area contributed by atoms with Gasteiger partial charge in [-0.3, -0.25) is 4.21 Å². The first-order valence-corrected chi connectivity index (χ1v) is 7.53. The molecule has 0 bridgehead atoms. The van der Waals surface area contributed by atoms with Crippen LogP contribution in [0.25, 0.3) is 0 Å². The van der Waals surface area contributed by atoms with Crippen LogP contribution in [0.5, 0.6) is 0 Å². The minimum atomic E-state index is -0.728. The molecule has 0 saturated carbocycles. The Labute approximate surface area is 98.6 Å². The number of nitrogens with one attached hydrogen (secondary N) is 1. The Bertz CT molecular complexity index is 346. The molecule has 1 aromatic heterocycles. The summed E-state index contributed by atoms with van der Waals surface area (Å²) in [6, 6.07) is 2.22. The molecule has 2 nitrogen and oxygen atoms in total. The summed E-state index contributed by atoms with van der Waals surface area (Å²) in [5.41, 5.74) is 1.37. The van der Waals surface area contributed by atoms with E-state index < -0.39 is 10.8 Å². The first-order valence-electron chi connectivity index (χ1n) is 5.09. The van der Waals surface area contributed by atoms with Crippen LogP contribution >= 0.6 is 11.3 Å². The molecule has 1 rings (SSSR count). The predicted octanol–water partition coefficient (Wildman–Crippen LogP) is 2.22. The molecule has 1 aromatic rings. The van der Waals surface area contributed by atoms with Crippen molar-refractivity contribution in [2.45, 2.75) is 32.6 Å². The third-order valence-corrected chi connectivity index (χ3v) is 4.77. The zero-order valence-corrected chi connectivity index (χ0v) is 11.4. The molecule has 0 aliphatic heterocycles. The number of rotatable bonds is 5. The van der Waals surface area contributed by atoms with Crippen molar-refractivity contribution < 1.29 is 4.21 Å². The van der Waals surface area contributed by atoms with Crippen LogP contribution in [0.15, 0.2) is 6.07 Å². The Hall–Kier alpha value is -0.190. The third-order valence-electron chi connectivity index (χ3n) is 2.46. The van der Waals surface area contributed by atoms with Gasteiger partial charge >= 0.3 is 0 Å². The highest BCUT2D eigenvalue weighted by molar-refractivity contribution is 7.84. The lowest BCUT2D eigenvalue weighted by molar-refractivity contribution is 0.647. The molecule has 0 aliphatic carbocycles. The fourth-order valence-electron chi connectivity index (χ4n) is 1.39. The SMILES string of the molecule is Cc1cc(CNCC(C)S(C)=O)c(C)s1. The van der Waals surface area contributed by atoms with E-state index in [2.05, 4.69) is 25.2 Å². The monoisotopic (exact) mass is 245 g/mol. The highest BCUT2D eigenvalue weighted by Crippen LogP contribution is 2.20. The lowest BCUT2D eigenvalue weighted by Gasteiger charge is -2.09. The van der Waals surface area contributed by atoms with Crippen molar-refractivity contribution in [1.82, 2.24) is 5.32 Å². The second kappa shape index (κ2) is 5.77. The fourth-order valence-corrected chi connectivity index (χ4v) is 2.69. The van der Waals surface area contributed by atoms with Crippen LogP contribution in [0.4, 0.5) is 0 Å². The number of thiophene rings is 1. The topological polar surface area (TPSA) is 29.1 Å². The van der Waals surface area contributed by atoms with Crippen molar-refractivity contribution in [3.05, 3.63) is 21.4 Å². The van der Waals surface area contributed by atoms with Gasteiger partial charge in [0.05, 0.1) is 0 Å². The molecular weight excluding hydrogens is 226 g/mol. The van der Waals surface area contributed by atoms with E-state index in [0.29, 0.717) is 0 Å². The van der Waals surface area contributed by atoms with Crippen molar-refractivity contribution in [2.75, 3.05) is 12.8 Å². The van der Waals surface area contributed by atoms with Gasteiger partial charge in [-0.05, 0) is 32.4 Å². The van der Waals surface area contributed by atoms with E-state index in [0.717, 1.165) is 13.1 Å². The van der Waals surface area contributed by atoms with Crippen LogP contribution in [0, 0.1) is 13.8 Å². The molecule has 0 radical (unpaired) electrons. The van der Waals surface area contributed by atoms with E-state index in [1.54, 1.807) is 6.26 Å². The predicted molar refractivity (Wildman–Crippen MR) is 69.0 cm³/mol. The first-order chi connectivity index (χ1) is 7.00. The maximum atomic E-state index is 11.1. The van der Waals surface area contributed by atoms with Crippen LogP contribution in [0.3, 0.4) is 0 Å². The summed E-state index contributed by atoms with van der Waals surface area (Å²) in [4.78, 5) is 2.74. The minimum Gasteiger partial charge on any atom is -0.311 e. The zero-order valence-electron chi connectivity index (χ0n) is 9.79. The highest BCUT2D eigenvalue weighted by Gasteiger charge is 2.06. The Morgan fingerprint density at radius 2 is 2.20 bits per heavy atom. The Kier molecular flexibility index (Phi) is 4.96. The molecule has 2 unspecified atom stereocenters. The number of hydrogen-bond donors (Lipinski definition) is 1. The quantitative estimate of drug-likeness (QED) is 0.862. The van der Waals surface area contributed by atoms with E-state index >= 15 is 0 Å². The Balaban J connectivity index is 2.38. The van der Waals surface area contributed by atoms with Gasteiger partial charge in [0, 0.05) is 45.1 Å². The van der Waals surface area contributed by atoms with Gasteiger partial charge in [0.2, 0.25) is 0 Å². The maximum Gasteiger partial charge on any atom is 0.0441 e. The summed E-state index contributed by atoms with van der Waals surface area (Å²) < 4.78 is 11.1. The van der Waals surface area contributed by atoms with E-state index in [-0.39, 0.29) is 5.25 Å². The van der Waals surface area contributed by atoms with Gasteiger partial charge in [-0.15, -0.1) is 11.3 Å². The second-order valence-electron chi connectivity index (χ2n) is 3.88. The van der Waals surface area contributed by atoms with Gasteiger partial charge in [0.25, 0.3) is 0 Å². The molecule has 0 saturated heterocycles. The van der Waals surface area contributed by atoms with Crippen LogP contribution < -0.4 is 5.32 Å². The molecular formula is C11H19NOS2. The van der Waals surface area contributed by atoms with Gasteiger partial charge in [-0.2, -0.15) is 0 Å². The summed E-state index contributed by atoms with van der Waals surface area (Å²) in [6.07, 6.45) is 1.76. The average Bonchev–Trinajstić information content (AvgIpc) is 2.45. The largest absolute Gasteiger partial charge is 0.311 e. The maximum absolute atomic E-state index is 11.1. The van der Waals surface area contributed by atoms with Crippen molar-refractivity contribution in [2.24, 2.45) is 0 Å². The van der Waals surface area contributed by atoms with Crippen molar-refractivity contribution in [3.63, 3.8) is 0 Å². The highest BCUT2D eigenvalue weighted by atomic mass is 32.2. The van der Waals surface area contributed by atoms with E-state index in [4.69, 9.17) is 0 Å². The van der Waals surface area contributed by atoms with Gasteiger partial charge < -0.3 is 5.32 Å². The van der Waals surface area contributed by atoms with Crippen molar-refractivity contribution in [1.29, 1.82) is 0 Å². The molecule has 1 N–H and O–H groups in total. The zero-order chi connectivity index (χ0) is 11.4. The van der Waals surface area contributed by atoms with E-state index in [9.17, 15) is 4.21 Å². The molecule has 0 aliphatic rings. The van der Waals surface area contributed by atoms with Gasteiger partial charge in [-0.25, -0.2) is 0 Å². The Morgan fingerprint density at radius 1 is 1.53 bits per heavy atom. The van der Waals surface area contributed by atoms with Crippen molar-refractivity contribution in [3.8, 4) is 0 Å². The van der Waals surface area contributed by atoms with Gasteiger partial charge in [0.1, 0.15) is 0 Å². The lowest BCUT2D eigenvalue weighted by atomic mass is 10.2. The Morgan fingerprint density at radius 3 is 2.67 bits per heavy atom. The molecule has 0 aromatic carbocycles. The summed E-state index contributed by atoms with van der Waals surface area (Å²) in [6.45, 7) is 7.99. The smallest absolute Gasteiger partial charge is 0.0441 e. The average molecular weight is 245 g/mol. The molecule has 86 valence electrons. The van der Waals surface area contributed by atoms with E-state index in [1.807, 2.05) is 18.3 Å². The molecule has 0 amide bonds. The first kappa shape index (κ1) is 12.9. The van der Waals surface area contributed by atoms with Crippen LogP contribution in [-0.2, 0) is 17.3 Å². The molecule has 15 heavy (non-hydrogen) atoms.